The molecule has 0 atom stereocenters. The van der Waals surface area contributed by atoms with Gasteiger partial charge in [-0.25, -0.2) is 0 Å². The third kappa shape index (κ3) is 3.37. The van der Waals surface area contributed by atoms with Crippen LogP contribution in [0.15, 0.2) is 48.5 Å². The Balaban J connectivity index is 2.03. The van der Waals surface area contributed by atoms with Gasteiger partial charge >= 0.3 is 6.18 Å². The maximum Gasteiger partial charge on any atom is 0.422 e. The Labute approximate surface area is 134 Å². The first-order chi connectivity index (χ1) is 11.0. The van der Waals surface area contributed by atoms with Crippen LogP contribution in [0.1, 0.15) is 10.4 Å². The summed E-state index contributed by atoms with van der Waals surface area (Å²) in [6, 6.07) is 14.3. The quantitative estimate of drug-likeness (QED) is 0.603. The first-order valence-electron chi connectivity index (χ1n) is 6.74. The Morgan fingerprint density at radius 1 is 1.09 bits per heavy atom. The van der Waals surface area contributed by atoms with Gasteiger partial charge in [0.05, 0.1) is 5.56 Å². The van der Waals surface area contributed by atoms with E-state index in [0.717, 1.165) is 15.0 Å². The lowest BCUT2D eigenvalue weighted by Gasteiger charge is -2.12. The number of fused-ring (bicyclic) bond motifs is 1. The Hall–Kier alpha value is -2.34. The van der Waals surface area contributed by atoms with Crippen molar-refractivity contribution in [2.45, 2.75) is 6.18 Å². The predicted octanol–water partition coefficient (Wildman–Crippen LogP) is 5.32. The minimum Gasteiger partial charge on any atom is -0.483 e. The molecule has 3 aromatic rings. The van der Waals surface area contributed by atoms with Crippen molar-refractivity contribution < 1.29 is 22.7 Å². The molecule has 0 spiro atoms. The summed E-state index contributed by atoms with van der Waals surface area (Å²) in [7, 11) is 0. The summed E-state index contributed by atoms with van der Waals surface area (Å²) in [4.78, 5) is 12.2. The summed E-state index contributed by atoms with van der Waals surface area (Å²) < 4.78 is 42.8. The third-order valence-corrected chi connectivity index (χ3v) is 4.42. The van der Waals surface area contributed by atoms with Gasteiger partial charge in [0.15, 0.2) is 12.9 Å². The van der Waals surface area contributed by atoms with E-state index in [4.69, 9.17) is 4.74 Å². The number of alkyl halides is 3. The highest BCUT2D eigenvalue weighted by Gasteiger charge is 2.29. The molecule has 0 radical (unpaired) electrons. The fourth-order valence-corrected chi connectivity index (χ4v) is 3.38. The van der Waals surface area contributed by atoms with Crippen LogP contribution in [-0.2, 0) is 0 Å². The molecule has 0 aliphatic heterocycles. The maximum atomic E-state index is 12.3. The van der Waals surface area contributed by atoms with Crippen LogP contribution in [0.5, 0.6) is 5.75 Å². The van der Waals surface area contributed by atoms with Gasteiger partial charge in [0, 0.05) is 15.1 Å². The smallest absolute Gasteiger partial charge is 0.422 e. The van der Waals surface area contributed by atoms with E-state index in [1.807, 2.05) is 30.3 Å². The van der Waals surface area contributed by atoms with Gasteiger partial charge in [-0.3, -0.25) is 4.79 Å². The second kappa shape index (κ2) is 6.04. The molecule has 2 aromatic carbocycles. The molecular formula is C17H11F3O2S. The Kier molecular flexibility index (Phi) is 4.09. The van der Waals surface area contributed by atoms with Crippen molar-refractivity contribution in [1.29, 1.82) is 0 Å². The Morgan fingerprint density at radius 2 is 1.87 bits per heavy atom. The molecular weight excluding hydrogens is 325 g/mol. The zero-order chi connectivity index (χ0) is 16.4. The van der Waals surface area contributed by atoms with Gasteiger partial charge in [-0.15, -0.1) is 11.3 Å². The highest BCUT2D eigenvalue weighted by Crippen LogP contribution is 2.37. The average Bonchev–Trinajstić information content (AvgIpc) is 2.95. The number of hydrogen-bond acceptors (Lipinski definition) is 3. The average molecular weight is 336 g/mol. The van der Waals surface area contributed by atoms with E-state index in [1.54, 1.807) is 12.1 Å². The van der Waals surface area contributed by atoms with E-state index >= 15 is 0 Å². The first-order valence-corrected chi connectivity index (χ1v) is 7.56. The lowest BCUT2D eigenvalue weighted by atomic mass is 10.1. The molecule has 1 heterocycles. The number of thiophene rings is 1. The Bertz CT molecular complexity index is 819. The van der Waals surface area contributed by atoms with Crippen LogP contribution in [0, 0.1) is 0 Å². The summed E-state index contributed by atoms with van der Waals surface area (Å²) in [5, 5.41) is 1.02. The van der Waals surface area contributed by atoms with E-state index in [0.29, 0.717) is 11.8 Å². The van der Waals surface area contributed by atoms with Crippen LogP contribution in [0.4, 0.5) is 13.2 Å². The molecule has 0 amide bonds. The highest BCUT2D eigenvalue weighted by atomic mass is 32.1. The number of ether oxygens (including phenoxy) is 1. The van der Waals surface area contributed by atoms with Gasteiger partial charge in [-0.1, -0.05) is 30.3 Å². The minimum absolute atomic E-state index is 0.0627. The van der Waals surface area contributed by atoms with Gasteiger partial charge in [0.2, 0.25) is 0 Å². The van der Waals surface area contributed by atoms with Crippen LogP contribution >= 0.6 is 11.3 Å². The minimum atomic E-state index is -4.45. The van der Waals surface area contributed by atoms with E-state index in [9.17, 15) is 18.0 Å². The highest BCUT2D eigenvalue weighted by molar-refractivity contribution is 7.22. The molecule has 0 aliphatic carbocycles. The molecule has 23 heavy (non-hydrogen) atoms. The SMILES string of the molecule is O=Cc1c(OCC(F)(F)F)cccc1-c1cc2ccccc2s1. The van der Waals surface area contributed by atoms with Crippen molar-refractivity contribution in [3.05, 3.63) is 54.1 Å². The molecule has 0 aliphatic rings. The van der Waals surface area contributed by atoms with Gasteiger partial charge in [0.25, 0.3) is 0 Å². The number of aldehydes is 1. The molecule has 2 nitrogen and oxygen atoms in total. The van der Waals surface area contributed by atoms with Crippen LogP contribution in [-0.4, -0.2) is 19.1 Å². The largest absolute Gasteiger partial charge is 0.483 e. The zero-order valence-electron chi connectivity index (χ0n) is 11.8. The van der Waals surface area contributed by atoms with E-state index in [2.05, 4.69) is 0 Å². The zero-order valence-corrected chi connectivity index (χ0v) is 12.6. The van der Waals surface area contributed by atoms with Crippen molar-refractivity contribution in [2.24, 2.45) is 0 Å². The Morgan fingerprint density at radius 3 is 2.57 bits per heavy atom. The van der Waals surface area contributed by atoms with E-state index < -0.39 is 12.8 Å². The number of benzene rings is 2. The van der Waals surface area contributed by atoms with E-state index in [1.165, 1.54) is 17.4 Å². The molecule has 118 valence electrons. The first kappa shape index (κ1) is 15.6. The van der Waals surface area contributed by atoms with Crippen LogP contribution in [0.3, 0.4) is 0 Å². The predicted molar refractivity (Wildman–Crippen MR) is 84.2 cm³/mol. The van der Waals surface area contributed by atoms with E-state index in [-0.39, 0.29) is 11.3 Å². The molecule has 0 saturated carbocycles. The number of carbonyl (C=O) groups is 1. The molecule has 0 saturated heterocycles. The number of halogens is 3. The van der Waals surface area contributed by atoms with Gasteiger partial charge in [0.1, 0.15) is 5.75 Å². The van der Waals surface area contributed by atoms with Crippen molar-refractivity contribution in [1.82, 2.24) is 0 Å². The monoisotopic (exact) mass is 336 g/mol. The summed E-state index contributed by atoms with van der Waals surface area (Å²) >= 11 is 1.48. The number of rotatable bonds is 4. The summed E-state index contributed by atoms with van der Waals surface area (Å²) in [5.41, 5.74) is 0.698. The van der Waals surface area contributed by atoms with Crippen LogP contribution in [0.2, 0.25) is 0 Å². The van der Waals surface area contributed by atoms with Crippen molar-refractivity contribution >= 4 is 27.7 Å². The third-order valence-electron chi connectivity index (χ3n) is 3.27. The van der Waals surface area contributed by atoms with Crippen LogP contribution < -0.4 is 4.74 Å². The van der Waals surface area contributed by atoms with Gasteiger partial charge in [-0.2, -0.15) is 13.2 Å². The molecule has 1 aromatic heterocycles. The molecule has 6 heteroatoms. The fraction of sp³-hybridized carbons (Fsp3) is 0.118. The normalized spacial score (nSPS) is 11.6. The summed E-state index contributed by atoms with van der Waals surface area (Å²) in [6.07, 6.45) is -3.92. The fourth-order valence-electron chi connectivity index (χ4n) is 2.28. The molecule has 0 unspecified atom stereocenters. The van der Waals surface area contributed by atoms with Gasteiger partial charge < -0.3 is 4.74 Å². The number of carbonyl (C=O) groups excluding carboxylic acids is 1. The lowest BCUT2D eigenvalue weighted by molar-refractivity contribution is -0.153. The molecule has 0 fully saturated rings. The maximum absolute atomic E-state index is 12.3. The molecule has 3 rings (SSSR count). The standard InChI is InChI=1S/C17H11F3O2S/c18-17(19,20)10-22-14-6-3-5-12(13(14)9-21)16-8-11-4-1-2-7-15(11)23-16/h1-9H,10H2. The second-order valence-corrected chi connectivity index (χ2v) is 5.97. The topological polar surface area (TPSA) is 26.3 Å². The molecule has 0 bridgehead atoms. The molecule has 0 N–H and O–H groups in total. The summed E-state index contributed by atoms with van der Waals surface area (Å²) in [6.45, 7) is -1.43. The van der Waals surface area contributed by atoms with Crippen molar-refractivity contribution in [3.63, 3.8) is 0 Å². The van der Waals surface area contributed by atoms with Crippen LogP contribution in [0.25, 0.3) is 20.5 Å². The van der Waals surface area contributed by atoms with Crippen molar-refractivity contribution in [2.75, 3.05) is 6.61 Å². The lowest BCUT2D eigenvalue weighted by Crippen LogP contribution is -2.19. The van der Waals surface area contributed by atoms with Gasteiger partial charge in [-0.05, 0) is 23.6 Å². The number of hydrogen-bond donors (Lipinski definition) is 0. The van der Waals surface area contributed by atoms with Crippen molar-refractivity contribution in [3.8, 4) is 16.2 Å². The second-order valence-electron chi connectivity index (χ2n) is 4.89. The summed E-state index contributed by atoms with van der Waals surface area (Å²) in [5.74, 6) is -0.0627.